The van der Waals surface area contributed by atoms with E-state index in [1.165, 1.54) is 6.26 Å². The number of carbonyl (C=O) groups is 2. The monoisotopic (exact) mass is 451 g/mol. The minimum atomic E-state index is -3.17. The van der Waals surface area contributed by atoms with Gasteiger partial charge in [0.15, 0.2) is 15.5 Å². The van der Waals surface area contributed by atoms with Crippen LogP contribution in [0.25, 0.3) is 23.0 Å². The lowest BCUT2D eigenvalue weighted by Gasteiger charge is -2.11. The van der Waals surface area contributed by atoms with Crippen LogP contribution in [0, 0.1) is 0 Å². The van der Waals surface area contributed by atoms with Crippen molar-refractivity contribution in [1.29, 1.82) is 0 Å². The van der Waals surface area contributed by atoms with Crippen molar-refractivity contribution >= 4 is 39.1 Å². The first-order chi connectivity index (χ1) is 15.2. The SMILES string of the molecule is CS(=O)(=O)Cc1cccc(-c2cc(NC3CC3)c3ncc(/C=C4\CC(=O)NC4=O)n3n2)c1. The van der Waals surface area contributed by atoms with Crippen LogP contribution in [0.15, 0.2) is 42.1 Å². The van der Waals surface area contributed by atoms with Crippen LogP contribution >= 0.6 is 0 Å². The second-order valence-electron chi connectivity index (χ2n) is 8.27. The number of amides is 2. The van der Waals surface area contributed by atoms with Gasteiger partial charge in [0.2, 0.25) is 5.91 Å². The zero-order chi connectivity index (χ0) is 22.5. The molecule has 32 heavy (non-hydrogen) atoms. The standard InChI is InChI=1S/C22H21N5O4S/c1-32(30,31)12-13-3-2-4-14(7-13)18-10-19(24-16-5-6-16)21-23-11-17(27(21)26-18)8-15-9-20(28)25-22(15)29/h2-4,7-8,10-11,16,24H,5-6,9,12H2,1H3,(H,25,28,29)/b15-8+. The number of imide groups is 1. The van der Waals surface area contributed by atoms with Gasteiger partial charge in [0.25, 0.3) is 5.91 Å². The molecule has 1 aromatic carbocycles. The van der Waals surface area contributed by atoms with Gasteiger partial charge in [-0.05, 0) is 36.6 Å². The van der Waals surface area contributed by atoms with Crippen molar-refractivity contribution in [2.24, 2.45) is 0 Å². The fourth-order valence-corrected chi connectivity index (χ4v) is 4.49. The van der Waals surface area contributed by atoms with E-state index in [9.17, 15) is 18.0 Å². The number of anilines is 1. The summed E-state index contributed by atoms with van der Waals surface area (Å²) in [5, 5.41) is 10.5. The molecule has 1 saturated carbocycles. The molecule has 2 N–H and O–H groups in total. The van der Waals surface area contributed by atoms with E-state index in [2.05, 4.69) is 15.6 Å². The van der Waals surface area contributed by atoms with E-state index < -0.39 is 15.7 Å². The molecular weight excluding hydrogens is 430 g/mol. The molecule has 2 aromatic heterocycles. The van der Waals surface area contributed by atoms with Gasteiger partial charge in [-0.1, -0.05) is 18.2 Å². The topological polar surface area (TPSA) is 123 Å². The van der Waals surface area contributed by atoms with Crippen molar-refractivity contribution < 1.29 is 18.0 Å². The summed E-state index contributed by atoms with van der Waals surface area (Å²) < 4.78 is 25.1. The number of imidazole rings is 1. The van der Waals surface area contributed by atoms with Gasteiger partial charge in [0.05, 0.1) is 35.4 Å². The van der Waals surface area contributed by atoms with E-state index in [1.807, 2.05) is 18.2 Å². The molecule has 164 valence electrons. The molecule has 2 aliphatic rings. The third-order valence-corrected chi connectivity index (χ3v) is 6.16. The molecule has 5 rings (SSSR count). The molecule has 1 aliphatic carbocycles. The van der Waals surface area contributed by atoms with Crippen LogP contribution in [0.3, 0.4) is 0 Å². The number of hydrogen-bond donors (Lipinski definition) is 2. The number of sulfone groups is 1. The molecule has 2 amide bonds. The predicted molar refractivity (Wildman–Crippen MR) is 119 cm³/mol. The second-order valence-corrected chi connectivity index (χ2v) is 10.4. The Balaban J connectivity index is 1.62. The molecule has 1 aliphatic heterocycles. The van der Waals surface area contributed by atoms with Crippen LogP contribution in [-0.4, -0.2) is 47.1 Å². The van der Waals surface area contributed by atoms with Crippen molar-refractivity contribution in [1.82, 2.24) is 19.9 Å². The van der Waals surface area contributed by atoms with Gasteiger partial charge in [-0.2, -0.15) is 5.10 Å². The fourth-order valence-electron chi connectivity index (χ4n) is 3.70. The minimum absolute atomic E-state index is 0.0203. The zero-order valence-corrected chi connectivity index (χ0v) is 18.1. The van der Waals surface area contributed by atoms with Crippen LogP contribution in [-0.2, 0) is 25.2 Å². The van der Waals surface area contributed by atoms with Gasteiger partial charge in [-0.25, -0.2) is 17.9 Å². The molecular formula is C22H21N5O4S. The number of nitrogens with one attached hydrogen (secondary N) is 2. The lowest BCUT2D eigenvalue weighted by Crippen LogP contribution is -2.19. The average molecular weight is 452 g/mol. The Bertz CT molecular complexity index is 1400. The highest BCUT2D eigenvalue weighted by molar-refractivity contribution is 7.89. The Morgan fingerprint density at radius 1 is 1.25 bits per heavy atom. The number of aromatic nitrogens is 3. The van der Waals surface area contributed by atoms with E-state index in [0.717, 1.165) is 24.1 Å². The molecule has 0 spiro atoms. The quantitative estimate of drug-likeness (QED) is 0.434. The average Bonchev–Trinajstić information content (AvgIpc) is 3.35. The van der Waals surface area contributed by atoms with Gasteiger partial charge < -0.3 is 5.32 Å². The molecule has 0 unspecified atom stereocenters. The molecule has 0 radical (unpaired) electrons. The summed E-state index contributed by atoms with van der Waals surface area (Å²) >= 11 is 0. The highest BCUT2D eigenvalue weighted by Crippen LogP contribution is 2.31. The molecule has 2 fully saturated rings. The number of hydrogen-bond acceptors (Lipinski definition) is 7. The Hall–Kier alpha value is -3.53. The first kappa shape index (κ1) is 20.4. The summed E-state index contributed by atoms with van der Waals surface area (Å²) in [6.45, 7) is 0. The Morgan fingerprint density at radius 2 is 2.06 bits per heavy atom. The lowest BCUT2D eigenvalue weighted by molar-refractivity contribution is -0.124. The summed E-state index contributed by atoms with van der Waals surface area (Å²) in [7, 11) is -3.17. The van der Waals surface area contributed by atoms with Crippen LogP contribution in [0.5, 0.6) is 0 Å². The smallest absolute Gasteiger partial charge is 0.254 e. The predicted octanol–water partition coefficient (Wildman–Crippen LogP) is 1.95. The molecule has 0 bridgehead atoms. The largest absolute Gasteiger partial charge is 0.379 e. The highest BCUT2D eigenvalue weighted by Gasteiger charge is 2.26. The summed E-state index contributed by atoms with van der Waals surface area (Å²) in [6, 6.07) is 9.55. The van der Waals surface area contributed by atoms with Gasteiger partial charge in [-0.15, -0.1) is 0 Å². The number of nitrogens with zero attached hydrogens (tertiary/aromatic N) is 3. The Labute approximate surface area is 184 Å². The molecule has 3 aromatic rings. The minimum Gasteiger partial charge on any atom is -0.379 e. The molecule has 0 atom stereocenters. The number of rotatable bonds is 6. The Morgan fingerprint density at radius 3 is 2.75 bits per heavy atom. The third-order valence-electron chi connectivity index (χ3n) is 5.30. The van der Waals surface area contributed by atoms with Gasteiger partial charge in [-0.3, -0.25) is 14.9 Å². The number of carbonyl (C=O) groups excluding carboxylic acids is 2. The van der Waals surface area contributed by atoms with Crippen molar-refractivity contribution in [2.75, 3.05) is 11.6 Å². The molecule has 9 nitrogen and oxygen atoms in total. The maximum absolute atomic E-state index is 12.0. The van der Waals surface area contributed by atoms with Gasteiger partial charge in [0, 0.05) is 23.4 Å². The number of benzene rings is 1. The first-order valence-corrected chi connectivity index (χ1v) is 12.3. The van der Waals surface area contributed by atoms with Crippen molar-refractivity contribution in [3.8, 4) is 11.3 Å². The van der Waals surface area contributed by atoms with Crippen molar-refractivity contribution in [3.05, 3.63) is 53.4 Å². The van der Waals surface area contributed by atoms with Crippen LogP contribution < -0.4 is 10.6 Å². The van der Waals surface area contributed by atoms with Crippen LogP contribution in [0.2, 0.25) is 0 Å². The summed E-state index contributed by atoms with van der Waals surface area (Å²) in [6.07, 6.45) is 6.62. The van der Waals surface area contributed by atoms with Gasteiger partial charge >= 0.3 is 0 Å². The van der Waals surface area contributed by atoms with Crippen LogP contribution in [0.1, 0.15) is 30.5 Å². The molecule has 10 heteroatoms. The maximum Gasteiger partial charge on any atom is 0.254 e. The summed E-state index contributed by atoms with van der Waals surface area (Å²) in [4.78, 5) is 28.0. The van der Waals surface area contributed by atoms with Crippen molar-refractivity contribution in [2.45, 2.75) is 31.1 Å². The number of fused-ring (bicyclic) bond motifs is 1. The maximum atomic E-state index is 12.0. The Kier molecular flexibility index (Phi) is 4.81. The summed E-state index contributed by atoms with van der Waals surface area (Å²) in [5.74, 6) is -0.796. The first-order valence-electron chi connectivity index (χ1n) is 10.2. The second kappa shape index (κ2) is 7.56. The summed E-state index contributed by atoms with van der Waals surface area (Å²) in [5.41, 5.74) is 4.45. The van der Waals surface area contributed by atoms with E-state index in [4.69, 9.17) is 5.10 Å². The normalized spacial score (nSPS) is 17.8. The third kappa shape index (κ3) is 4.26. The lowest BCUT2D eigenvalue weighted by atomic mass is 10.1. The van der Waals surface area contributed by atoms with Crippen molar-refractivity contribution in [3.63, 3.8) is 0 Å². The fraction of sp³-hybridized carbons (Fsp3) is 0.273. The molecule has 3 heterocycles. The molecule has 1 saturated heterocycles. The highest BCUT2D eigenvalue weighted by atomic mass is 32.2. The van der Waals surface area contributed by atoms with E-state index in [-0.39, 0.29) is 18.1 Å². The van der Waals surface area contributed by atoms with E-state index in [0.29, 0.717) is 34.2 Å². The van der Waals surface area contributed by atoms with Crippen LogP contribution in [0.4, 0.5) is 5.69 Å². The zero-order valence-electron chi connectivity index (χ0n) is 17.3. The van der Waals surface area contributed by atoms with E-state index >= 15 is 0 Å². The van der Waals surface area contributed by atoms with Gasteiger partial charge in [0.1, 0.15) is 0 Å². The van der Waals surface area contributed by atoms with E-state index in [1.54, 1.807) is 28.9 Å².